The van der Waals surface area contributed by atoms with Gasteiger partial charge in [-0.3, -0.25) is 14.3 Å². The Morgan fingerprint density at radius 3 is 2.83 bits per heavy atom. The van der Waals surface area contributed by atoms with Crippen LogP contribution < -0.4 is 21.3 Å². The Bertz CT molecular complexity index is 888. The minimum atomic E-state index is -0.446. The first-order chi connectivity index (χ1) is 14.6. The number of aromatic amines is 1. The second-order valence-corrected chi connectivity index (χ2v) is 8.01. The van der Waals surface area contributed by atoms with Crippen LogP contribution in [-0.4, -0.2) is 29.3 Å². The van der Waals surface area contributed by atoms with Crippen molar-refractivity contribution in [2.24, 2.45) is 5.92 Å². The molecule has 2 N–H and O–H groups in total. The first-order valence-corrected chi connectivity index (χ1v) is 11.0. The highest BCUT2D eigenvalue weighted by Crippen LogP contribution is 2.32. The lowest BCUT2D eigenvalue weighted by Crippen LogP contribution is -2.29. The molecule has 0 bridgehead atoms. The minimum absolute atomic E-state index is 0.157. The number of H-pyrrole nitrogens is 1. The third-order valence-electron chi connectivity index (χ3n) is 5.39. The molecule has 7 heteroatoms. The van der Waals surface area contributed by atoms with Gasteiger partial charge in [-0.05, 0) is 62.8 Å². The summed E-state index contributed by atoms with van der Waals surface area (Å²) in [6.07, 6.45) is 8.38. The molecule has 3 rings (SSSR count). The lowest BCUT2D eigenvalue weighted by molar-refractivity contribution is 0.0707. The molecule has 0 spiro atoms. The van der Waals surface area contributed by atoms with Crippen LogP contribution in [0.4, 0.5) is 0 Å². The zero-order valence-corrected chi connectivity index (χ0v) is 17.8. The van der Waals surface area contributed by atoms with E-state index in [1.54, 1.807) is 0 Å². The van der Waals surface area contributed by atoms with Gasteiger partial charge < -0.3 is 14.8 Å². The Hall–Kier alpha value is -2.38. The van der Waals surface area contributed by atoms with Gasteiger partial charge in [0.1, 0.15) is 12.5 Å². The summed E-state index contributed by atoms with van der Waals surface area (Å²) in [6, 6.07) is 9.96. The molecule has 7 nitrogen and oxygen atoms in total. The smallest absolute Gasteiger partial charge is 0.330 e. The minimum Gasteiger partial charge on any atom is -0.494 e. The van der Waals surface area contributed by atoms with Crippen LogP contribution in [0.25, 0.3) is 0 Å². The highest BCUT2D eigenvalue weighted by atomic mass is 16.5. The molecule has 30 heavy (non-hydrogen) atoms. The van der Waals surface area contributed by atoms with Crippen LogP contribution in [0.2, 0.25) is 0 Å². The van der Waals surface area contributed by atoms with Crippen LogP contribution in [0.1, 0.15) is 57.1 Å². The van der Waals surface area contributed by atoms with E-state index in [0.29, 0.717) is 6.61 Å². The van der Waals surface area contributed by atoms with Gasteiger partial charge in [0, 0.05) is 24.9 Å². The molecular weight excluding hydrogens is 382 g/mol. The summed E-state index contributed by atoms with van der Waals surface area (Å²) < 4.78 is 12.7. The third-order valence-corrected chi connectivity index (χ3v) is 5.39. The third kappa shape index (κ3) is 7.80. The number of benzene rings is 1. The SMILES string of the molecule is C[C@@H](NCCCCCOCn1ccc(=O)[nH]c1=O)c1cccc(OCCC2CC2)c1. The summed E-state index contributed by atoms with van der Waals surface area (Å²) in [5.41, 5.74) is 0.400. The molecule has 1 fully saturated rings. The van der Waals surface area contributed by atoms with E-state index in [9.17, 15) is 9.59 Å². The molecule has 1 aromatic heterocycles. The Morgan fingerprint density at radius 2 is 2.03 bits per heavy atom. The predicted molar refractivity (Wildman–Crippen MR) is 117 cm³/mol. The number of nitrogens with one attached hydrogen (secondary N) is 2. The summed E-state index contributed by atoms with van der Waals surface area (Å²) in [4.78, 5) is 24.8. The van der Waals surface area contributed by atoms with Gasteiger partial charge in [-0.25, -0.2) is 4.79 Å². The second kappa shape index (κ2) is 11.7. The van der Waals surface area contributed by atoms with E-state index in [1.165, 1.54) is 41.7 Å². The average Bonchev–Trinajstić information content (AvgIpc) is 3.56. The van der Waals surface area contributed by atoms with E-state index >= 15 is 0 Å². The van der Waals surface area contributed by atoms with Crippen molar-refractivity contribution < 1.29 is 9.47 Å². The number of aromatic nitrogens is 2. The van der Waals surface area contributed by atoms with Crippen molar-refractivity contribution in [2.45, 2.75) is 58.2 Å². The van der Waals surface area contributed by atoms with Gasteiger partial charge in [0.25, 0.3) is 5.56 Å². The molecule has 0 radical (unpaired) electrons. The van der Waals surface area contributed by atoms with E-state index in [1.807, 2.05) is 6.07 Å². The van der Waals surface area contributed by atoms with Gasteiger partial charge in [0.15, 0.2) is 0 Å². The fourth-order valence-electron chi connectivity index (χ4n) is 3.27. The molecular formula is C23H33N3O4. The Balaban J connectivity index is 1.25. The van der Waals surface area contributed by atoms with Gasteiger partial charge in [-0.1, -0.05) is 25.0 Å². The Morgan fingerprint density at radius 1 is 1.17 bits per heavy atom. The number of hydrogen-bond acceptors (Lipinski definition) is 5. The lowest BCUT2D eigenvalue weighted by Gasteiger charge is -2.15. The van der Waals surface area contributed by atoms with Crippen LogP contribution >= 0.6 is 0 Å². The van der Waals surface area contributed by atoms with Gasteiger partial charge in [0.2, 0.25) is 0 Å². The zero-order valence-electron chi connectivity index (χ0n) is 17.8. The molecule has 0 aliphatic heterocycles. The molecule has 1 saturated carbocycles. The zero-order chi connectivity index (χ0) is 21.2. The van der Waals surface area contributed by atoms with Crippen LogP contribution in [0, 0.1) is 5.92 Å². The van der Waals surface area contributed by atoms with Crippen LogP contribution in [-0.2, 0) is 11.5 Å². The molecule has 0 unspecified atom stereocenters. The molecule has 1 atom stereocenters. The van der Waals surface area contributed by atoms with Crippen molar-refractivity contribution in [1.82, 2.24) is 14.9 Å². The maximum Gasteiger partial charge on any atom is 0.330 e. The van der Waals surface area contributed by atoms with Crippen molar-refractivity contribution >= 4 is 0 Å². The fourth-order valence-corrected chi connectivity index (χ4v) is 3.27. The maximum atomic E-state index is 11.5. The standard InChI is InChI=1S/C23H33N3O4/c1-18(20-6-5-7-21(16-20)30-15-11-19-8-9-19)24-12-3-2-4-14-29-17-26-13-10-22(27)25-23(26)28/h5-7,10,13,16,18-19,24H,2-4,8-9,11-12,14-15,17H2,1H3,(H,25,27,28)/t18-/m1/s1. The molecule has 1 aliphatic rings. The fraction of sp³-hybridized carbons (Fsp3) is 0.565. The summed E-state index contributed by atoms with van der Waals surface area (Å²) in [5, 5.41) is 3.56. The molecule has 2 aromatic rings. The summed E-state index contributed by atoms with van der Waals surface area (Å²) in [5.74, 6) is 1.85. The van der Waals surface area contributed by atoms with Gasteiger partial charge in [-0.15, -0.1) is 0 Å². The van der Waals surface area contributed by atoms with Gasteiger partial charge in [0.05, 0.1) is 6.61 Å². The van der Waals surface area contributed by atoms with Crippen LogP contribution in [0.3, 0.4) is 0 Å². The molecule has 0 saturated heterocycles. The van der Waals surface area contributed by atoms with E-state index in [0.717, 1.165) is 44.1 Å². The Kier molecular flexibility index (Phi) is 8.71. The molecule has 1 heterocycles. The van der Waals surface area contributed by atoms with E-state index < -0.39 is 11.2 Å². The Labute approximate surface area is 177 Å². The quantitative estimate of drug-likeness (QED) is 0.463. The monoisotopic (exact) mass is 415 g/mol. The van der Waals surface area contributed by atoms with Crippen molar-refractivity contribution in [2.75, 3.05) is 19.8 Å². The summed E-state index contributed by atoms with van der Waals surface area (Å²) in [7, 11) is 0. The molecule has 0 amide bonds. The first-order valence-electron chi connectivity index (χ1n) is 11.0. The first kappa shape index (κ1) is 22.3. The van der Waals surface area contributed by atoms with Gasteiger partial charge >= 0.3 is 5.69 Å². The average molecular weight is 416 g/mol. The van der Waals surface area contributed by atoms with Crippen molar-refractivity contribution in [3.8, 4) is 5.75 Å². The van der Waals surface area contributed by atoms with Crippen molar-refractivity contribution in [3.05, 3.63) is 62.9 Å². The molecule has 1 aliphatic carbocycles. The largest absolute Gasteiger partial charge is 0.494 e. The van der Waals surface area contributed by atoms with Crippen molar-refractivity contribution in [1.29, 1.82) is 0 Å². The van der Waals surface area contributed by atoms with E-state index in [-0.39, 0.29) is 12.8 Å². The van der Waals surface area contributed by atoms with Crippen LogP contribution in [0.15, 0.2) is 46.1 Å². The van der Waals surface area contributed by atoms with E-state index in [4.69, 9.17) is 9.47 Å². The number of hydrogen-bond donors (Lipinski definition) is 2. The number of nitrogens with zero attached hydrogens (tertiary/aromatic N) is 1. The summed E-state index contributed by atoms with van der Waals surface area (Å²) in [6.45, 7) is 4.67. The maximum absolute atomic E-state index is 11.5. The number of unbranched alkanes of at least 4 members (excludes halogenated alkanes) is 2. The topological polar surface area (TPSA) is 85.4 Å². The summed E-state index contributed by atoms with van der Waals surface area (Å²) >= 11 is 0. The van der Waals surface area contributed by atoms with Crippen LogP contribution in [0.5, 0.6) is 5.75 Å². The van der Waals surface area contributed by atoms with E-state index in [2.05, 4.69) is 35.4 Å². The highest BCUT2D eigenvalue weighted by molar-refractivity contribution is 5.30. The number of rotatable bonds is 14. The predicted octanol–water partition coefficient (Wildman–Crippen LogP) is 3.21. The lowest BCUT2D eigenvalue weighted by atomic mass is 10.1. The van der Waals surface area contributed by atoms with Gasteiger partial charge in [-0.2, -0.15) is 0 Å². The normalized spacial score (nSPS) is 14.6. The second-order valence-electron chi connectivity index (χ2n) is 8.01. The number of ether oxygens (including phenoxy) is 2. The highest BCUT2D eigenvalue weighted by Gasteiger charge is 2.20. The van der Waals surface area contributed by atoms with Crippen molar-refractivity contribution in [3.63, 3.8) is 0 Å². The molecule has 1 aromatic carbocycles. The molecule has 164 valence electrons.